The number of aliphatic hydroxyl groups is 1. The number of hydrogen-bond donors (Lipinski definition) is 3. The first kappa shape index (κ1) is 24.9. The Morgan fingerprint density at radius 3 is 2.94 bits per heavy atom. The third kappa shape index (κ3) is 5.90. The number of carbonyl (C=O) groups excluding carboxylic acids is 1. The number of likely N-dealkylation sites (tertiary alicyclic amines) is 1. The van der Waals surface area contributed by atoms with Crippen molar-refractivity contribution < 1.29 is 23.8 Å². The lowest BCUT2D eigenvalue weighted by Gasteiger charge is -2.25. The minimum atomic E-state index is -0.513. The van der Waals surface area contributed by atoms with Gasteiger partial charge in [-0.25, -0.2) is 14.4 Å². The van der Waals surface area contributed by atoms with E-state index in [0.717, 1.165) is 12.8 Å². The lowest BCUT2D eigenvalue weighted by molar-refractivity contribution is -0.131. The quantitative estimate of drug-likeness (QED) is 0.362. The highest BCUT2D eigenvalue weighted by atomic mass is 35.5. The van der Waals surface area contributed by atoms with Crippen molar-refractivity contribution in [2.24, 2.45) is 0 Å². The molecule has 1 saturated heterocycles. The van der Waals surface area contributed by atoms with Gasteiger partial charge in [0.05, 0.1) is 42.2 Å². The molecule has 1 amide bonds. The van der Waals surface area contributed by atoms with E-state index in [0.29, 0.717) is 47.0 Å². The molecule has 1 atom stereocenters. The zero-order valence-corrected chi connectivity index (χ0v) is 20.0. The smallest absolute Gasteiger partial charge is 0.236 e. The van der Waals surface area contributed by atoms with Crippen LogP contribution >= 0.6 is 11.6 Å². The van der Waals surface area contributed by atoms with Crippen LogP contribution in [0.25, 0.3) is 10.9 Å². The van der Waals surface area contributed by atoms with Gasteiger partial charge in [-0.1, -0.05) is 11.6 Å². The molecule has 35 heavy (non-hydrogen) atoms. The van der Waals surface area contributed by atoms with Crippen LogP contribution in [0.1, 0.15) is 12.8 Å². The van der Waals surface area contributed by atoms with Crippen molar-refractivity contribution in [3.8, 4) is 11.5 Å². The largest absolute Gasteiger partial charge is 0.497 e. The average Bonchev–Trinajstić information content (AvgIpc) is 3.33. The molecule has 186 valence electrons. The van der Waals surface area contributed by atoms with Gasteiger partial charge in [0.25, 0.3) is 0 Å². The number of rotatable bonds is 10. The number of fused-ring (bicyclic) bond motifs is 1. The van der Waals surface area contributed by atoms with Gasteiger partial charge in [-0.2, -0.15) is 0 Å². The van der Waals surface area contributed by atoms with Crippen molar-refractivity contribution in [3.63, 3.8) is 0 Å². The maximum absolute atomic E-state index is 13.6. The summed E-state index contributed by atoms with van der Waals surface area (Å²) < 4.78 is 25.3. The number of benzene rings is 2. The van der Waals surface area contributed by atoms with Gasteiger partial charge in [-0.3, -0.25) is 4.79 Å². The van der Waals surface area contributed by atoms with E-state index in [9.17, 15) is 9.18 Å². The molecule has 0 saturated carbocycles. The standard InChI is InChI=1S/C24H27ClFN5O4/c1-34-17-10-20-23(24(29-14-28-20)30-15-4-5-19(26)18(25)9-15)21(11-17)35-13-16-3-2-7-31(16)22(33)12-27-6-8-32/h4-5,9-11,14,16,27,32H,2-3,6-8,12-13H2,1H3,(H,28,29,30)/t16-/m0/s1. The molecule has 0 spiro atoms. The van der Waals surface area contributed by atoms with E-state index in [4.69, 9.17) is 26.2 Å². The molecule has 1 aliphatic rings. The van der Waals surface area contributed by atoms with Gasteiger partial charge < -0.3 is 30.1 Å². The number of nitrogens with one attached hydrogen (secondary N) is 2. The summed E-state index contributed by atoms with van der Waals surface area (Å²) in [7, 11) is 1.56. The van der Waals surface area contributed by atoms with E-state index >= 15 is 0 Å². The molecule has 11 heteroatoms. The van der Waals surface area contributed by atoms with Crippen LogP contribution in [0.15, 0.2) is 36.7 Å². The number of anilines is 2. The SMILES string of the molecule is COc1cc(OC[C@@H]2CCCN2C(=O)CNCCO)c2c(Nc3ccc(F)c(Cl)c3)ncnc2c1. The molecule has 1 aliphatic heterocycles. The van der Waals surface area contributed by atoms with Gasteiger partial charge in [-0.05, 0) is 31.0 Å². The lowest BCUT2D eigenvalue weighted by Crippen LogP contribution is -2.43. The number of aromatic nitrogens is 2. The van der Waals surface area contributed by atoms with Gasteiger partial charge in [0, 0.05) is 30.9 Å². The van der Waals surface area contributed by atoms with E-state index in [-0.39, 0.29) is 36.7 Å². The predicted octanol–water partition coefficient (Wildman–Crippen LogP) is 3.13. The van der Waals surface area contributed by atoms with Crippen molar-refractivity contribution in [1.29, 1.82) is 0 Å². The second kappa shape index (κ2) is 11.5. The van der Waals surface area contributed by atoms with Crippen molar-refractivity contribution >= 4 is 39.9 Å². The Balaban J connectivity index is 1.58. The molecule has 4 rings (SSSR count). The van der Waals surface area contributed by atoms with E-state index in [1.165, 1.54) is 18.5 Å². The van der Waals surface area contributed by atoms with Crippen molar-refractivity contribution in [1.82, 2.24) is 20.2 Å². The predicted molar refractivity (Wildman–Crippen MR) is 131 cm³/mol. The molecule has 1 aromatic heterocycles. The highest BCUT2D eigenvalue weighted by Crippen LogP contribution is 2.36. The molecular formula is C24H27ClFN5O4. The van der Waals surface area contributed by atoms with Gasteiger partial charge in [0.1, 0.15) is 36.1 Å². The Hall–Kier alpha value is -3.21. The summed E-state index contributed by atoms with van der Waals surface area (Å²) in [6, 6.07) is 7.74. The maximum atomic E-state index is 13.6. The zero-order valence-electron chi connectivity index (χ0n) is 19.3. The Bertz CT molecular complexity index is 1200. The minimum absolute atomic E-state index is 0.00836. The Morgan fingerprint density at radius 1 is 1.31 bits per heavy atom. The van der Waals surface area contributed by atoms with Crippen LogP contribution in [0, 0.1) is 5.82 Å². The normalized spacial score (nSPS) is 15.4. The molecule has 0 radical (unpaired) electrons. The first-order valence-corrected chi connectivity index (χ1v) is 11.7. The lowest BCUT2D eigenvalue weighted by atomic mass is 10.2. The van der Waals surface area contributed by atoms with Crippen LogP contribution in [-0.2, 0) is 4.79 Å². The molecule has 0 bridgehead atoms. The second-order valence-corrected chi connectivity index (χ2v) is 8.50. The highest BCUT2D eigenvalue weighted by molar-refractivity contribution is 6.31. The molecular weight excluding hydrogens is 477 g/mol. The van der Waals surface area contributed by atoms with Crippen molar-refractivity contribution in [2.75, 3.05) is 45.3 Å². The molecule has 2 heterocycles. The summed E-state index contributed by atoms with van der Waals surface area (Å²) in [6.07, 6.45) is 3.12. The van der Waals surface area contributed by atoms with E-state index in [1.807, 2.05) is 4.90 Å². The fourth-order valence-electron chi connectivity index (χ4n) is 4.07. The minimum Gasteiger partial charge on any atom is -0.497 e. The van der Waals surface area contributed by atoms with Crippen LogP contribution in [0.2, 0.25) is 5.02 Å². The summed E-state index contributed by atoms with van der Waals surface area (Å²) in [5, 5.41) is 15.6. The van der Waals surface area contributed by atoms with Crippen LogP contribution in [0.4, 0.5) is 15.9 Å². The maximum Gasteiger partial charge on any atom is 0.236 e. The molecule has 0 aliphatic carbocycles. The first-order valence-electron chi connectivity index (χ1n) is 11.3. The van der Waals surface area contributed by atoms with Gasteiger partial charge in [0.2, 0.25) is 5.91 Å². The summed E-state index contributed by atoms with van der Waals surface area (Å²) in [5.74, 6) is 0.977. The summed E-state index contributed by atoms with van der Waals surface area (Å²) in [6.45, 7) is 1.46. The van der Waals surface area contributed by atoms with Gasteiger partial charge >= 0.3 is 0 Å². The van der Waals surface area contributed by atoms with Crippen LogP contribution in [-0.4, -0.2) is 71.9 Å². The number of carbonyl (C=O) groups is 1. The Morgan fingerprint density at radius 2 is 2.17 bits per heavy atom. The number of ether oxygens (including phenoxy) is 2. The number of hydrogen-bond acceptors (Lipinski definition) is 8. The molecule has 0 unspecified atom stereocenters. The van der Waals surface area contributed by atoms with Gasteiger partial charge in [-0.15, -0.1) is 0 Å². The summed E-state index contributed by atoms with van der Waals surface area (Å²) in [4.78, 5) is 23.1. The first-order chi connectivity index (χ1) is 17.0. The number of halogens is 2. The second-order valence-electron chi connectivity index (χ2n) is 8.09. The average molecular weight is 504 g/mol. The van der Waals surface area contributed by atoms with E-state index in [1.54, 1.807) is 25.3 Å². The monoisotopic (exact) mass is 503 g/mol. The number of amides is 1. The molecule has 3 N–H and O–H groups in total. The molecule has 9 nitrogen and oxygen atoms in total. The van der Waals surface area contributed by atoms with Crippen LogP contribution in [0.3, 0.4) is 0 Å². The third-order valence-corrected chi connectivity index (χ3v) is 6.08. The van der Waals surface area contributed by atoms with Crippen LogP contribution < -0.4 is 20.1 Å². The molecule has 2 aromatic carbocycles. The molecule has 3 aromatic rings. The van der Waals surface area contributed by atoms with Crippen molar-refractivity contribution in [2.45, 2.75) is 18.9 Å². The van der Waals surface area contributed by atoms with E-state index in [2.05, 4.69) is 20.6 Å². The number of aliphatic hydroxyl groups excluding tert-OH is 1. The summed E-state index contributed by atoms with van der Waals surface area (Å²) in [5.41, 5.74) is 1.15. The fourth-order valence-corrected chi connectivity index (χ4v) is 4.25. The number of nitrogens with zero attached hydrogens (tertiary/aromatic N) is 3. The Labute approximate surface area is 207 Å². The highest BCUT2D eigenvalue weighted by Gasteiger charge is 2.29. The Kier molecular flexibility index (Phi) is 8.17. The number of methoxy groups -OCH3 is 1. The third-order valence-electron chi connectivity index (χ3n) is 5.79. The summed E-state index contributed by atoms with van der Waals surface area (Å²) >= 11 is 5.93. The van der Waals surface area contributed by atoms with E-state index < -0.39 is 5.82 Å². The molecule has 1 fully saturated rings. The van der Waals surface area contributed by atoms with Crippen molar-refractivity contribution in [3.05, 3.63) is 47.5 Å². The fraction of sp³-hybridized carbons (Fsp3) is 0.375. The van der Waals surface area contributed by atoms with Crippen LogP contribution in [0.5, 0.6) is 11.5 Å². The van der Waals surface area contributed by atoms with Gasteiger partial charge in [0.15, 0.2) is 0 Å². The zero-order chi connectivity index (χ0) is 24.8. The topological polar surface area (TPSA) is 109 Å².